The highest BCUT2D eigenvalue weighted by Gasteiger charge is 2.25. The number of hydrogen-bond donors (Lipinski definition) is 1. The Hall–Kier alpha value is -2.67. The molecule has 27 heavy (non-hydrogen) atoms. The summed E-state index contributed by atoms with van der Waals surface area (Å²) in [5.41, 5.74) is 3.36. The topological polar surface area (TPSA) is 80.9 Å². The Labute approximate surface area is 161 Å². The van der Waals surface area contributed by atoms with E-state index in [2.05, 4.69) is 38.7 Å². The number of nitrogens with one attached hydrogen (secondary N) is 1. The first kappa shape index (κ1) is 17.7. The summed E-state index contributed by atoms with van der Waals surface area (Å²) in [6.07, 6.45) is 6.47. The van der Waals surface area contributed by atoms with Crippen LogP contribution >= 0.6 is 11.8 Å². The molecule has 0 saturated heterocycles. The van der Waals surface area contributed by atoms with Crippen LogP contribution in [0.4, 0.5) is 0 Å². The molecule has 2 atom stereocenters. The van der Waals surface area contributed by atoms with Gasteiger partial charge in [0.25, 0.3) is 5.22 Å². The molecule has 1 N–H and O–H groups in total. The number of fused-ring (bicyclic) bond motifs is 1. The van der Waals surface area contributed by atoms with Gasteiger partial charge in [0.1, 0.15) is 0 Å². The van der Waals surface area contributed by atoms with Gasteiger partial charge in [-0.05, 0) is 49.4 Å². The second-order valence-electron chi connectivity index (χ2n) is 6.52. The Morgan fingerprint density at radius 3 is 2.89 bits per heavy atom. The molecule has 1 aliphatic carbocycles. The number of thioether (sulfide) groups is 1. The first-order valence-electron chi connectivity index (χ1n) is 8.99. The number of aromatic nitrogens is 3. The minimum absolute atomic E-state index is 0.0228. The number of aryl methyl sites for hydroxylation is 1. The molecular formula is C20H20N4O2S. The number of nitrogens with zero attached hydrogens (tertiary/aromatic N) is 3. The van der Waals surface area contributed by atoms with E-state index in [-0.39, 0.29) is 17.2 Å². The fourth-order valence-corrected chi connectivity index (χ4v) is 3.96. The molecule has 138 valence electrons. The van der Waals surface area contributed by atoms with Crippen LogP contribution in [0, 0.1) is 0 Å². The van der Waals surface area contributed by atoms with Crippen molar-refractivity contribution in [1.29, 1.82) is 0 Å². The van der Waals surface area contributed by atoms with Gasteiger partial charge in [0.05, 0.1) is 11.3 Å². The highest BCUT2D eigenvalue weighted by molar-refractivity contribution is 8.00. The van der Waals surface area contributed by atoms with Crippen molar-refractivity contribution in [3.63, 3.8) is 0 Å². The van der Waals surface area contributed by atoms with Crippen molar-refractivity contribution < 1.29 is 9.21 Å². The summed E-state index contributed by atoms with van der Waals surface area (Å²) in [5, 5.41) is 11.3. The molecule has 4 rings (SSSR count). The molecule has 6 nitrogen and oxygen atoms in total. The first-order chi connectivity index (χ1) is 13.2. The standard InChI is InChI=1S/C20H20N4O2S/c1-13(27-20-24-23-19(26-20)15-9-11-21-12-10-15)18(25)22-17-8-4-6-14-5-2-3-7-16(14)17/h2-3,5,7,9-13,17H,4,6,8H2,1H3,(H,22,25). The van der Waals surface area contributed by atoms with Gasteiger partial charge >= 0.3 is 0 Å². The van der Waals surface area contributed by atoms with Gasteiger partial charge in [0, 0.05) is 18.0 Å². The average Bonchev–Trinajstić information content (AvgIpc) is 3.17. The molecule has 2 heterocycles. The summed E-state index contributed by atoms with van der Waals surface area (Å²) >= 11 is 1.27. The summed E-state index contributed by atoms with van der Waals surface area (Å²) < 4.78 is 5.67. The molecule has 2 unspecified atom stereocenters. The van der Waals surface area contributed by atoms with Gasteiger partial charge in [-0.1, -0.05) is 36.0 Å². The second kappa shape index (κ2) is 7.92. The molecule has 0 saturated carbocycles. The Balaban J connectivity index is 1.40. The van der Waals surface area contributed by atoms with E-state index in [1.807, 2.05) is 13.0 Å². The summed E-state index contributed by atoms with van der Waals surface area (Å²) in [4.78, 5) is 16.6. The largest absolute Gasteiger partial charge is 0.411 e. The van der Waals surface area contributed by atoms with Crippen molar-refractivity contribution in [3.8, 4) is 11.5 Å². The molecule has 3 aromatic rings. The zero-order chi connectivity index (χ0) is 18.6. The third-order valence-corrected chi connectivity index (χ3v) is 5.60. The van der Waals surface area contributed by atoms with Crippen molar-refractivity contribution in [2.24, 2.45) is 0 Å². The summed E-state index contributed by atoms with van der Waals surface area (Å²) in [6.45, 7) is 1.85. The molecular weight excluding hydrogens is 360 g/mol. The van der Waals surface area contributed by atoms with Crippen LogP contribution in [0.5, 0.6) is 0 Å². The molecule has 0 fully saturated rings. The molecule has 1 aromatic carbocycles. The number of carbonyl (C=O) groups is 1. The van der Waals surface area contributed by atoms with Crippen molar-refractivity contribution in [2.45, 2.75) is 42.7 Å². The molecule has 2 aromatic heterocycles. The van der Waals surface area contributed by atoms with Gasteiger partial charge in [-0.2, -0.15) is 0 Å². The third-order valence-electron chi connectivity index (χ3n) is 4.67. The molecule has 0 aliphatic heterocycles. The zero-order valence-corrected chi connectivity index (χ0v) is 15.8. The molecule has 0 spiro atoms. The van der Waals surface area contributed by atoms with E-state index in [0.717, 1.165) is 24.8 Å². The number of benzene rings is 1. The van der Waals surface area contributed by atoms with Crippen molar-refractivity contribution >= 4 is 17.7 Å². The van der Waals surface area contributed by atoms with Gasteiger partial charge < -0.3 is 9.73 Å². The molecule has 0 bridgehead atoms. The van der Waals surface area contributed by atoms with E-state index in [1.165, 1.54) is 22.9 Å². The van der Waals surface area contributed by atoms with Crippen LogP contribution in [0.25, 0.3) is 11.5 Å². The van der Waals surface area contributed by atoms with Crippen LogP contribution in [-0.4, -0.2) is 26.3 Å². The van der Waals surface area contributed by atoms with Gasteiger partial charge in [-0.3, -0.25) is 9.78 Å². The number of carbonyl (C=O) groups excluding carboxylic acids is 1. The number of hydrogen-bond acceptors (Lipinski definition) is 6. The van der Waals surface area contributed by atoms with Crippen molar-refractivity contribution in [2.75, 3.05) is 0 Å². The molecule has 1 aliphatic rings. The third kappa shape index (κ3) is 4.03. The van der Waals surface area contributed by atoms with Gasteiger partial charge in [0.15, 0.2) is 0 Å². The summed E-state index contributed by atoms with van der Waals surface area (Å²) in [7, 11) is 0. The Morgan fingerprint density at radius 2 is 2.04 bits per heavy atom. The van der Waals surface area contributed by atoms with E-state index in [0.29, 0.717) is 11.1 Å². The number of rotatable bonds is 5. The van der Waals surface area contributed by atoms with Crippen LogP contribution in [0.15, 0.2) is 58.4 Å². The predicted octanol–water partition coefficient (Wildman–Crippen LogP) is 3.81. The summed E-state index contributed by atoms with van der Waals surface area (Å²) in [6, 6.07) is 12.0. The van der Waals surface area contributed by atoms with Gasteiger partial charge in [0.2, 0.25) is 11.8 Å². The monoisotopic (exact) mass is 380 g/mol. The minimum Gasteiger partial charge on any atom is -0.411 e. The van der Waals surface area contributed by atoms with E-state index in [4.69, 9.17) is 4.42 Å². The van der Waals surface area contributed by atoms with Crippen LogP contribution in [0.3, 0.4) is 0 Å². The van der Waals surface area contributed by atoms with Gasteiger partial charge in [-0.25, -0.2) is 0 Å². The highest BCUT2D eigenvalue weighted by Crippen LogP contribution is 2.31. The molecule has 7 heteroatoms. The van der Waals surface area contributed by atoms with Gasteiger partial charge in [-0.15, -0.1) is 10.2 Å². The first-order valence-corrected chi connectivity index (χ1v) is 9.87. The lowest BCUT2D eigenvalue weighted by molar-refractivity contribution is -0.121. The van der Waals surface area contributed by atoms with E-state index < -0.39 is 0 Å². The number of pyridine rings is 1. The number of amides is 1. The maximum Gasteiger partial charge on any atom is 0.277 e. The van der Waals surface area contributed by atoms with E-state index >= 15 is 0 Å². The Morgan fingerprint density at radius 1 is 1.22 bits per heavy atom. The normalized spacial score (nSPS) is 17.1. The molecule has 1 amide bonds. The predicted molar refractivity (Wildman–Crippen MR) is 103 cm³/mol. The minimum atomic E-state index is -0.329. The second-order valence-corrected chi connectivity index (χ2v) is 7.81. The quantitative estimate of drug-likeness (QED) is 0.678. The van der Waals surface area contributed by atoms with Crippen molar-refractivity contribution in [3.05, 3.63) is 59.9 Å². The smallest absolute Gasteiger partial charge is 0.277 e. The lowest BCUT2D eigenvalue weighted by atomic mass is 9.88. The highest BCUT2D eigenvalue weighted by atomic mass is 32.2. The summed E-state index contributed by atoms with van der Waals surface area (Å²) in [5.74, 6) is 0.402. The Bertz CT molecular complexity index is 928. The SMILES string of the molecule is CC(Sc1nnc(-c2ccncc2)o1)C(=O)NC1CCCc2ccccc21. The lowest BCUT2D eigenvalue weighted by Crippen LogP contribution is -2.35. The fraction of sp³-hybridized carbons (Fsp3) is 0.300. The van der Waals surface area contributed by atoms with E-state index in [9.17, 15) is 4.79 Å². The van der Waals surface area contributed by atoms with Crippen LogP contribution in [0.2, 0.25) is 0 Å². The van der Waals surface area contributed by atoms with E-state index in [1.54, 1.807) is 24.5 Å². The van der Waals surface area contributed by atoms with Crippen LogP contribution < -0.4 is 5.32 Å². The average molecular weight is 380 g/mol. The lowest BCUT2D eigenvalue weighted by Gasteiger charge is -2.27. The van der Waals surface area contributed by atoms with Crippen LogP contribution in [0.1, 0.15) is 36.9 Å². The zero-order valence-electron chi connectivity index (χ0n) is 15.0. The van der Waals surface area contributed by atoms with Crippen LogP contribution in [-0.2, 0) is 11.2 Å². The van der Waals surface area contributed by atoms with Crippen molar-refractivity contribution in [1.82, 2.24) is 20.5 Å². The fourth-order valence-electron chi connectivity index (χ4n) is 3.27. The molecule has 0 radical (unpaired) electrons. The maximum absolute atomic E-state index is 12.7. The Kier molecular flexibility index (Phi) is 5.20. The maximum atomic E-state index is 12.7.